The number of anilines is 1. The molecule has 8 heteroatoms. The van der Waals surface area contributed by atoms with Crippen molar-refractivity contribution in [2.24, 2.45) is 0 Å². The highest BCUT2D eigenvalue weighted by Crippen LogP contribution is 2.28. The van der Waals surface area contributed by atoms with Gasteiger partial charge in [0.15, 0.2) is 0 Å². The Kier molecular flexibility index (Phi) is 4.30. The van der Waals surface area contributed by atoms with Crippen molar-refractivity contribution in [2.75, 3.05) is 5.32 Å². The monoisotopic (exact) mass is 326 g/mol. The molecule has 2 N–H and O–H groups in total. The molecule has 2 aromatic carbocycles. The Bertz CT molecular complexity index is 734. The summed E-state index contributed by atoms with van der Waals surface area (Å²) in [5.74, 6) is -0.879. The van der Waals surface area contributed by atoms with Crippen molar-refractivity contribution in [3.05, 3.63) is 62.1 Å². The first-order valence-corrected chi connectivity index (χ1v) is 6.38. The van der Waals surface area contributed by atoms with Gasteiger partial charge in [-0.15, -0.1) is 0 Å². The van der Waals surface area contributed by atoms with Crippen LogP contribution in [0, 0.1) is 10.1 Å². The summed E-state index contributed by atoms with van der Waals surface area (Å²) in [6.07, 6.45) is 0. The molecule has 0 radical (unpaired) electrons. The number of non-ortho nitro benzene ring substituents is 1. The van der Waals surface area contributed by atoms with Crippen molar-refractivity contribution in [1.29, 1.82) is 0 Å². The summed E-state index contributed by atoms with van der Waals surface area (Å²) in [6, 6.07) is 7.61. The second-order valence-electron chi connectivity index (χ2n) is 4.04. The zero-order chi connectivity index (χ0) is 15.6. The van der Waals surface area contributed by atoms with E-state index in [1.54, 1.807) is 0 Å². The second kappa shape index (κ2) is 5.99. The minimum absolute atomic E-state index is 0.0552. The fraction of sp³-hybridized carbons (Fsp3) is 0. The molecule has 21 heavy (non-hydrogen) atoms. The van der Waals surface area contributed by atoms with Gasteiger partial charge in [0.2, 0.25) is 0 Å². The Morgan fingerprint density at radius 2 is 1.90 bits per heavy atom. The van der Waals surface area contributed by atoms with Gasteiger partial charge in [-0.1, -0.05) is 23.2 Å². The normalized spacial score (nSPS) is 10.2. The summed E-state index contributed by atoms with van der Waals surface area (Å²) < 4.78 is 0. The molecule has 0 bridgehead atoms. The van der Waals surface area contributed by atoms with Crippen LogP contribution in [-0.2, 0) is 0 Å². The molecule has 2 aromatic rings. The van der Waals surface area contributed by atoms with Crippen LogP contribution >= 0.6 is 23.2 Å². The van der Waals surface area contributed by atoms with E-state index in [4.69, 9.17) is 23.2 Å². The second-order valence-corrected chi connectivity index (χ2v) is 4.88. The first-order valence-electron chi connectivity index (χ1n) is 5.62. The van der Waals surface area contributed by atoms with Crippen LogP contribution in [0.15, 0.2) is 36.4 Å². The minimum atomic E-state index is -0.693. The molecule has 0 atom stereocenters. The molecule has 2 rings (SSSR count). The number of phenols is 1. The smallest absolute Gasteiger partial charge is 0.270 e. The number of carbonyl (C=O) groups excluding carboxylic acids is 1. The van der Waals surface area contributed by atoms with Gasteiger partial charge >= 0.3 is 0 Å². The predicted molar refractivity (Wildman–Crippen MR) is 79.2 cm³/mol. The molecular weight excluding hydrogens is 319 g/mol. The van der Waals surface area contributed by atoms with Crippen LogP contribution in [0.3, 0.4) is 0 Å². The summed E-state index contributed by atoms with van der Waals surface area (Å²) >= 11 is 11.6. The molecule has 0 aliphatic carbocycles. The highest BCUT2D eigenvalue weighted by Gasteiger charge is 2.17. The SMILES string of the molecule is O=C(Nc1cc(Cl)ccc1O)c1cc([N+](=O)[O-])ccc1Cl. The number of nitrogens with zero attached hydrogens (tertiary/aromatic N) is 1. The molecule has 108 valence electrons. The van der Waals surface area contributed by atoms with Crippen molar-refractivity contribution >= 4 is 40.5 Å². The molecule has 0 aliphatic rings. The van der Waals surface area contributed by atoms with Crippen LogP contribution in [0.1, 0.15) is 10.4 Å². The number of benzene rings is 2. The molecule has 0 aliphatic heterocycles. The Morgan fingerprint density at radius 3 is 2.57 bits per heavy atom. The molecule has 0 fully saturated rings. The highest BCUT2D eigenvalue weighted by molar-refractivity contribution is 6.34. The number of amides is 1. The lowest BCUT2D eigenvalue weighted by atomic mass is 10.1. The third kappa shape index (κ3) is 3.42. The number of phenolic OH excluding ortho intramolecular Hbond substituents is 1. The van der Waals surface area contributed by atoms with E-state index >= 15 is 0 Å². The first kappa shape index (κ1) is 15.1. The van der Waals surface area contributed by atoms with Gasteiger partial charge in [-0.2, -0.15) is 0 Å². The van der Waals surface area contributed by atoms with Crippen LogP contribution in [-0.4, -0.2) is 15.9 Å². The number of nitro groups is 1. The van der Waals surface area contributed by atoms with E-state index < -0.39 is 10.8 Å². The fourth-order valence-electron chi connectivity index (χ4n) is 1.60. The predicted octanol–water partition coefficient (Wildman–Crippen LogP) is 3.86. The lowest BCUT2D eigenvalue weighted by molar-refractivity contribution is -0.384. The summed E-state index contributed by atoms with van der Waals surface area (Å²) in [6.45, 7) is 0. The van der Waals surface area contributed by atoms with Gasteiger partial charge in [-0.3, -0.25) is 14.9 Å². The third-order valence-corrected chi connectivity index (χ3v) is 3.18. The molecule has 0 spiro atoms. The van der Waals surface area contributed by atoms with E-state index in [9.17, 15) is 20.0 Å². The van der Waals surface area contributed by atoms with Crippen LogP contribution in [0.25, 0.3) is 0 Å². The van der Waals surface area contributed by atoms with Crippen molar-refractivity contribution in [3.8, 4) is 5.75 Å². The van der Waals surface area contributed by atoms with Crippen LogP contribution in [0.5, 0.6) is 5.75 Å². The highest BCUT2D eigenvalue weighted by atomic mass is 35.5. The first-order chi connectivity index (χ1) is 9.88. The van der Waals surface area contributed by atoms with Gasteiger partial charge < -0.3 is 10.4 Å². The molecule has 6 nitrogen and oxygen atoms in total. The number of carbonyl (C=O) groups is 1. The molecule has 0 heterocycles. The number of hydrogen-bond acceptors (Lipinski definition) is 4. The lowest BCUT2D eigenvalue weighted by Crippen LogP contribution is -2.13. The van der Waals surface area contributed by atoms with Gasteiger partial charge in [-0.05, 0) is 24.3 Å². The van der Waals surface area contributed by atoms with Crippen LogP contribution in [0.4, 0.5) is 11.4 Å². The average molecular weight is 327 g/mol. The van der Waals surface area contributed by atoms with E-state index in [1.165, 1.54) is 30.3 Å². The van der Waals surface area contributed by atoms with Crippen LogP contribution in [0.2, 0.25) is 10.0 Å². The van der Waals surface area contributed by atoms with Gasteiger partial charge in [0.05, 0.1) is 21.2 Å². The standard InChI is InChI=1S/C13H8Cl2N2O4/c14-7-1-4-12(18)11(5-7)16-13(19)9-6-8(17(20)21)2-3-10(9)15/h1-6,18H,(H,16,19). The Balaban J connectivity index is 2.34. The average Bonchev–Trinajstić information content (AvgIpc) is 2.43. The maximum absolute atomic E-state index is 12.1. The zero-order valence-corrected chi connectivity index (χ0v) is 11.9. The lowest BCUT2D eigenvalue weighted by Gasteiger charge is -2.08. The van der Waals surface area contributed by atoms with E-state index in [0.29, 0.717) is 5.02 Å². The topological polar surface area (TPSA) is 92.5 Å². The number of nitrogens with one attached hydrogen (secondary N) is 1. The molecule has 0 unspecified atom stereocenters. The third-order valence-electron chi connectivity index (χ3n) is 2.61. The molecule has 1 amide bonds. The Labute approximate surface area is 129 Å². The maximum atomic E-state index is 12.1. The summed E-state index contributed by atoms with van der Waals surface area (Å²) in [7, 11) is 0. The summed E-state index contributed by atoms with van der Waals surface area (Å²) in [4.78, 5) is 22.2. The number of aromatic hydroxyl groups is 1. The van der Waals surface area contributed by atoms with Crippen molar-refractivity contribution in [2.45, 2.75) is 0 Å². The van der Waals surface area contributed by atoms with Gasteiger partial charge in [0, 0.05) is 17.2 Å². The number of rotatable bonds is 3. The van der Waals surface area contributed by atoms with E-state index in [0.717, 1.165) is 6.07 Å². The maximum Gasteiger partial charge on any atom is 0.270 e. The zero-order valence-electron chi connectivity index (χ0n) is 10.3. The quantitative estimate of drug-likeness (QED) is 0.508. The van der Waals surface area contributed by atoms with E-state index in [1.807, 2.05) is 0 Å². The van der Waals surface area contributed by atoms with Crippen LogP contribution < -0.4 is 5.32 Å². The minimum Gasteiger partial charge on any atom is -0.506 e. The largest absolute Gasteiger partial charge is 0.506 e. The fourth-order valence-corrected chi connectivity index (χ4v) is 1.97. The van der Waals surface area contributed by atoms with Crippen molar-refractivity contribution in [3.63, 3.8) is 0 Å². The number of hydrogen-bond donors (Lipinski definition) is 2. The molecular formula is C13H8Cl2N2O4. The Hall–Kier alpha value is -2.31. The molecule has 0 saturated heterocycles. The molecule has 0 saturated carbocycles. The van der Waals surface area contributed by atoms with Gasteiger partial charge in [0.25, 0.3) is 11.6 Å². The number of nitro benzene ring substituents is 1. The van der Waals surface area contributed by atoms with Gasteiger partial charge in [-0.25, -0.2) is 0 Å². The number of halogens is 2. The summed E-state index contributed by atoms with van der Waals surface area (Å²) in [5.41, 5.74) is -0.264. The van der Waals surface area contributed by atoms with Crippen molar-refractivity contribution < 1.29 is 14.8 Å². The summed E-state index contributed by atoms with van der Waals surface area (Å²) in [5, 5.41) is 23.1. The molecule has 0 aromatic heterocycles. The Morgan fingerprint density at radius 1 is 1.19 bits per heavy atom. The van der Waals surface area contributed by atoms with Gasteiger partial charge in [0.1, 0.15) is 5.75 Å². The van der Waals surface area contributed by atoms with Crippen molar-refractivity contribution in [1.82, 2.24) is 0 Å². The van der Waals surface area contributed by atoms with E-state index in [-0.39, 0.29) is 27.7 Å². The van der Waals surface area contributed by atoms with E-state index in [2.05, 4.69) is 5.32 Å².